The molecular formula is C24H22N4. The molecule has 0 aliphatic heterocycles. The van der Waals surface area contributed by atoms with E-state index in [9.17, 15) is 5.26 Å². The Hall–Kier alpha value is -3.45. The fraction of sp³-hybridized carbons (Fsp3) is 0.208. The first-order valence-corrected chi connectivity index (χ1v) is 9.67. The number of imidazole rings is 1. The van der Waals surface area contributed by atoms with Gasteiger partial charge in [0.2, 0.25) is 0 Å². The van der Waals surface area contributed by atoms with Crippen LogP contribution in [0.1, 0.15) is 36.7 Å². The lowest BCUT2D eigenvalue weighted by molar-refractivity contribution is 0.690. The van der Waals surface area contributed by atoms with Crippen molar-refractivity contribution in [1.82, 2.24) is 14.5 Å². The molecule has 0 aliphatic carbocycles. The Balaban J connectivity index is 1.66. The van der Waals surface area contributed by atoms with Gasteiger partial charge in [0, 0.05) is 19.2 Å². The number of hydrogen-bond donors (Lipinski definition) is 0. The van der Waals surface area contributed by atoms with Gasteiger partial charge in [-0.3, -0.25) is 4.98 Å². The van der Waals surface area contributed by atoms with E-state index in [4.69, 9.17) is 4.98 Å². The van der Waals surface area contributed by atoms with E-state index in [-0.39, 0.29) is 0 Å². The van der Waals surface area contributed by atoms with Crippen LogP contribution in [0.15, 0.2) is 67.0 Å². The van der Waals surface area contributed by atoms with Gasteiger partial charge in [-0.1, -0.05) is 55.8 Å². The van der Waals surface area contributed by atoms with Gasteiger partial charge in [-0.05, 0) is 35.2 Å². The van der Waals surface area contributed by atoms with Crippen LogP contribution >= 0.6 is 0 Å². The number of fused-ring (bicyclic) bond motifs is 1. The van der Waals surface area contributed by atoms with Crippen LogP contribution in [0.4, 0.5) is 0 Å². The molecule has 2 heterocycles. The lowest BCUT2D eigenvalue weighted by Gasteiger charge is -2.11. The number of nitriles is 1. The van der Waals surface area contributed by atoms with Crippen LogP contribution in [-0.4, -0.2) is 14.5 Å². The number of hydrogen-bond acceptors (Lipinski definition) is 3. The average molecular weight is 366 g/mol. The summed E-state index contributed by atoms with van der Waals surface area (Å²) in [6, 6.07) is 20.5. The number of pyridine rings is 1. The zero-order valence-electron chi connectivity index (χ0n) is 16.0. The molecular weight excluding hydrogens is 344 g/mol. The lowest BCUT2D eigenvalue weighted by Crippen LogP contribution is -2.05. The summed E-state index contributed by atoms with van der Waals surface area (Å²) in [5.74, 6) is 1.11. The minimum absolute atomic E-state index is 0.699. The van der Waals surface area contributed by atoms with E-state index in [1.807, 2.05) is 42.7 Å². The van der Waals surface area contributed by atoms with Crippen molar-refractivity contribution in [2.45, 2.75) is 32.7 Å². The molecule has 138 valence electrons. The van der Waals surface area contributed by atoms with Gasteiger partial charge < -0.3 is 4.57 Å². The van der Waals surface area contributed by atoms with Gasteiger partial charge in [-0.15, -0.1) is 0 Å². The van der Waals surface area contributed by atoms with Crippen LogP contribution in [-0.2, 0) is 13.0 Å². The van der Waals surface area contributed by atoms with E-state index in [2.05, 4.69) is 46.8 Å². The van der Waals surface area contributed by atoms with Crippen molar-refractivity contribution in [3.8, 4) is 17.2 Å². The maximum Gasteiger partial charge on any atom is 0.110 e. The van der Waals surface area contributed by atoms with Crippen molar-refractivity contribution in [3.63, 3.8) is 0 Å². The molecule has 0 amide bonds. The third kappa shape index (κ3) is 3.52. The highest BCUT2D eigenvalue weighted by atomic mass is 15.1. The molecule has 0 fully saturated rings. The Bertz CT molecular complexity index is 1130. The zero-order chi connectivity index (χ0) is 19.3. The molecule has 0 spiro atoms. The first-order valence-electron chi connectivity index (χ1n) is 9.67. The molecule has 4 heteroatoms. The summed E-state index contributed by atoms with van der Waals surface area (Å²) in [6.07, 6.45) is 6.91. The van der Waals surface area contributed by atoms with Crippen molar-refractivity contribution < 1.29 is 0 Å². The summed E-state index contributed by atoms with van der Waals surface area (Å²) < 4.78 is 2.30. The standard InChI is InChI=1S/C24H22N4/c1-2-3-8-24-27-22-16-26-14-13-23(22)28(24)17-18-9-11-19(12-10-18)21-7-5-4-6-20(21)15-25/h4-7,9-14,16H,2-3,8,17H2,1H3. The summed E-state index contributed by atoms with van der Waals surface area (Å²) >= 11 is 0. The first kappa shape index (κ1) is 17.9. The normalized spacial score (nSPS) is 10.9. The van der Waals surface area contributed by atoms with Crippen LogP contribution in [0, 0.1) is 11.3 Å². The highest BCUT2D eigenvalue weighted by Crippen LogP contribution is 2.25. The molecule has 0 unspecified atom stereocenters. The largest absolute Gasteiger partial charge is 0.323 e. The van der Waals surface area contributed by atoms with Crippen LogP contribution < -0.4 is 0 Å². The first-order chi connectivity index (χ1) is 13.8. The summed E-state index contributed by atoms with van der Waals surface area (Å²) in [6.45, 7) is 2.98. The van der Waals surface area contributed by atoms with E-state index in [0.717, 1.165) is 53.8 Å². The molecule has 0 bridgehead atoms. The van der Waals surface area contributed by atoms with Crippen molar-refractivity contribution in [3.05, 3.63) is 83.9 Å². The van der Waals surface area contributed by atoms with Gasteiger partial charge in [-0.2, -0.15) is 5.26 Å². The van der Waals surface area contributed by atoms with Crippen LogP contribution in [0.3, 0.4) is 0 Å². The van der Waals surface area contributed by atoms with Gasteiger partial charge >= 0.3 is 0 Å². The van der Waals surface area contributed by atoms with Gasteiger partial charge in [0.05, 0.1) is 23.3 Å². The van der Waals surface area contributed by atoms with E-state index < -0.39 is 0 Å². The Labute approximate surface area is 165 Å². The number of nitrogens with zero attached hydrogens (tertiary/aromatic N) is 4. The van der Waals surface area contributed by atoms with Crippen LogP contribution in [0.25, 0.3) is 22.2 Å². The topological polar surface area (TPSA) is 54.5 Å². The second-order valence-corrected chi connectivity index (χ2v) is 6.94. The third-order valence-corrected chi connectivity index (χ3v) is 5.04. The van der Waals surface area contributed by atoms with Gasteiger partial charge in [0.15, 0.2) is 0 Å². The molecule has 0 radical (unpaired) electrons. The molecule has 28 heavy (non-hydrogen) atoms. The molecule has 0 atom stereocenters. The number of aryl methyl sites for hydroxylation is 1. The predicted molar refractivity (Wildman–Crippen MR) is 112 cm³/mol. The molecule has 0 N–H and O–H groups in total. The van der Waals surface area contributed by atoms with Crippen LogP contribution in [0.2, 0.25) is 0 Å². The SMILES string of the molecule is CCCCc1nc2cnccc2n1Cc1ccc(-c2ccccc2C#N)cc1. The quantitative estimate of drug-likeness (QED) is 0.461. The molecule has 0 aliphatic rings. The van der Waals surface area contributed by atoms with E-state index >= 15 is 0 Å². The number of aromatic nitrogens is 3. The maximum absolute atomic E-state index is 9.34. The summed E-state index contributed by atoms with van der Waals surface area (Å²) in [5.41, 5.74) is 6.02. The van der Waals surface area contributed by atoms with E-state index in [1.165, 1.54) is 5.56 Å². The van der Waals surface area contributed by atoms with Crippen molar-refractivity contribution in [1.29, 1.82) is 5.26 Å². The maximum atomic E-state index is 9.34. The number of benzene rings is 2. The number of rotatable bonds is 6. The van der Waals surface area contributed by atoms with Crippen LogP contribution in [0.5, 0.6) is 0 Å². The van der Waals surface area contributed by atoms with E-state index in [1.54, 1.807) is 0 Å². The second-order valence-electron chi connectivity index (χ2n) is 6.94. The van der Waals surface area contributed by atoms with E-state index in [0.29, 0.717) is 5.56 Å². The minimum atomic E-state index is 0.699. The smallest absolute Gasteiger partial charge is 0.110 e. The lowest BCUT2D eigenvalue weighted by atomic mass is 9.99. The average Bonchev–Trinajstić information content (AvgIpc) is 3.10. The molecule has 2 aromatic heterocycles. The second kappa shape index (κ2) is 8.06. The van der Waals surface area contributed by atoms with Gasteiger partial charge in [0.25, 0.3) is 0 Å². The predicted octanol–water partition coefficient (Wildman–Crippen LogP) is 5.36. The molecule has 0 saturated heterocycles. The molecule has 0 saturated carbocycles. The molecule has 4 aromatic rings. The fourth-order valence-electron chi connectivity index (χ4n) is 3.54. The molecule has 4 nitrogen and oxygen atoms in total. The fourth-order valence-corrected chi connectivity index (χ4v) is 3.54. The van der Waals surface area contributed by atoms with Crippen molar-refractivity contribution >= 4 is 11.0 Å². The molecule has 2 aromatic carbocycles. The zero-order valence-corrected chi connectivity index (χ0v) is 16.0. The Morgan fingerprint density at radius 1 is 1.04 bits per heavy atom. The molecule has 4 rings (SSSR count). The summed E-state index contributed by atoms with van der Waals surface area (Å²) in [7, 11) is 0. The van der Waals surface area contributed by atoms with Gasteiger partial charge in [-0.25, -0.2) is 4.98 Å². The van der Waals surface area contributed by atoms with Gasteiger partial charge in [0.1, 0.15) is 11.3 Å². The van der Waals surface area contributed by atoms with Crippen molar-refractivity contribution in [2.75, 3.05) is 0 Å². The van der Waals surface area contributed by atoms with Crippen molar-refractivity contribution in [2.24, 2.45) is 0 Å². The Morgan fingerprint density at radius 3 is 2.64 bits per heavy atom. The Morgan fingerprint density at radius 2 is 1.86 bits per heavy atom. The monoisotopic (exact) mass is 366 g/mol. The highest BCUT2D eigenvalue weighted by molar-refractivity contribution is 5.75. The minimum Gasteiger partial charge on any atom is -0.323 e. The summed E-state index contributed by atoms with van der Waals surface area (Å²) in [5, 5.41) is 9.34. The third-order valence-electron chi connectivity index (χ3n) is 5.04. The highest BCUT2D eigenvalue weighted by Gasteiger charge is 2.11. The number of unbranched alkanes of at least 4 members (excludes halogenated alkanes) is 1. The Kier molecular flexibility index (Phi) is 5.16. The summed E-state index contributed by atoms with van der Waals surface area (Å²) in [4.78, 5) is 9.01.